The molecule has 0 saturated carbocycles. The Kier molecular flexibility index (Phi) is 8.57. The highest BCUT2D eigenvalue weighted by molar-refractivity contribution is 7.13. The molecule has 1 aromatic carbocycles. The van der Waals surface area contributed by atoms with Crippen LogP contribution in [0.2, 0.25) is 0 Å². The third kappa shape index (κ3) is 6.63. The summed E-state index contributed by atoms with van der Waals surface area (Å²) in [5.41, 5.74) is 5.04. The lowest BCUT2D eigenvalue weighted by Gasteiger charge is -2.39. The van der Waals surface area contributed by atoms with Crippen molar-refractivity contribution in [2.45, 2.75) is 92.3 Å². The fourth-order valence-corrected chi connectivity index (χ4v) is 7.01. The van der Waals surface area contributed by atoms with Crippen molar-refractivity contribution in [2.24, 2.45) is 10.8 Å². The number of aliphatic hydroxyl groups excluding tert-OH is 1. The smallest absolute Gasteiger partial charge is 0.243 e. The van der Waals surface area contributed by atoms with E-state index in [1.807, 2.05) is 50.5 Å². The van der Waals surface area contributed by atoms with Gasteiger partial charge in [0, 0.05) is 19.0 Å². The van der Waals surface area contributed by atoms with Crippen LogP contribution < -0.4 is 5.32 Å². The second kappa shape index (κ2) is 11.4. The number of carbonyl (C=O) groups is 2. The number of aryl methyl sites for hydroxylation is 2. The van der Waals surface area contributed by atoms with Gasteiger partial charge in [0.25, 0.3) is 0 Å². The van der Waals surface area contributed by atoms with E-state index in [1.165, 1.54) is 4.90 Å². The zero-order valence-corrected chi connectivity index (χ0v) is 25.6. The van der Waals surface area contributed by atoms with Crippen molar-refractivity contribution < 1.29 is 19.2 Å². The topological polar surface area (TPSA) is 109 Å². The van der Waals surface area contributed by atoms with Crippen molar-refractivity contribution in [2.75, 3.05) is 6.54 Å². The number of thiazole rings is 1. The number of nitrogens with zero attached hydrogens (tertiary/aromatic N) is 3. The van der Waals surface area contributed by atoms with Crippen LogP contribution in [0, 0.1) is 24.7 Å². The SMILES string of the molecule is Cc1cc(C(C(=O)N2CC(O)CC2C(=O)NC(C)c2ccc(-c3scnc3C)cc2)C(C)(C)CC(C)(C)C)on1. The zero-order valence-electron chi connectivity index (χ0n) is 24.8. The Hall–Kier alpha value is -3.04. The largest absolute Gasteiger partial charge is 0.391 e. The van der Waals surface area contributed by atoms with Crippen LogP contribution in [0.4, 0.5) is 0 Å². The molecule has 2 N–H and O–H groups in total. The second-order valence-corrected chi connectivity index (χ2v) is 13.9. The van der Waals surface area contributed by atoms with Crippen LogP contribution in [0.25, 0.3) is 10.4 Å². The summed E-state index contributed by atoms with van der Waals surface area (Å²) in [6.45, 7) is 16.4. The van der Waals surface area contributed by atoms with E-state index in [9.17, 15) is 14.7 Å². The van der Waals surface area contributed by atoms with Gasteiger partial charge in [-0.3, -0.25) is 9.59 Å². The number of aromatic nitrogens is 2. The highest BCUT2D eigenvalue weighted by atomic mass is 32.1. The van der Waals surface area contributed by atoms with Crippen molar-refractivity contribution in [3.05, 3.63) is 58.6 Å². The Balaban J connectivity index is 1.54. The molecule has 1 aliphatic heterocycles. The van der Waals surface area contributed by atoms with E-state index in [4.69, 9.17) is 4.52 Å². The first-order chi connectivity index (χ1) is 18.7. The summed E-state index contributed by atoms with van der Waals surface area (Å²) < 4.78 is 5.63. The lowest BCUT2D eigenvalue weighted by Crippen LogP contribution is -2.50. The molecule has 3 aromatic rings. The molecule has 1 saturated heterocycles. The highest BCUT2D eigenvalue weighted by Gasteiger charge is 2.48. The number of rotatable bonds is 8. The van der Waals surface area contributed by atoms with E-state index < -0.39 is 23.5 Å². The zero-order chi connectivity index (χ0) is 29.4. The first kappa shape index (κ1) is 29.9. The van der Waals surface area contributed by atoms with Gasteiger partial charge in [-0.15, -0.1) is 11.3 Å². The molecule has 0 bridgehead atoms. The Labute approximate surface area is 241 Å². The maximum atomic E-state index is 14.2. The number of nitrogens with one attached hydrogen (secondary N) is 1. The van der Waals surface area contributed by atoms with Gasteiger partial charge in [0.15, 0.2) is 0 Å². The van der Waals surface area contributed by atoms with E-state index in [1.54, 1.807) is 17.4 Å². The summed E-state index contributed by atoms with van der Waals surface area (Å²) in [6, 6.07) is 8.83. The molecule has 4 rings (SSSR count). The monoisotopic (exact) mass is 566 g/mol. The first-order valence-corrected chi connectivity index (χ1v) is 14.8. The van der Waals surface area contributed by atoms with Crippen LogP contribution in [0.3, 0.4) is 0 Å². The Morgan fingerprint density at radius 2 is 1.85 bits per heavy atom. The molecule has 0 radical (unpaired) electrons. The van der Waals surface area contributed by atoms with Crippen molar-refractivity contribution in [3.8, 4) is 10.4 Å². The minimum absolute atomic E-state index is 0.0396. The van der Waals surface area contributed by atoms with Crippen LogP contribution >= 0.6 is 11.3 Å². The predicted molar refractivity (Wildman–Crippen MR) is 157 cm³/mol. The number of β-amino-alcohol motifs (C(OH)–C–C–N with tert-alkyl or cyclic N) is 1. The number of likely N-dealkylation sites (tertiary alicyclic amines) is 1. The number of benzene rings is 1. The van der Waals surface area contributed by atoms with Gasteiger partial charge in [-0.05, 0) is 49.1 Å². The van der Waals surface area contributed by atoms with Crippen LogP contribution in [0.15, 0.2) is 40.4 Å². The molecule has 216 valence electrons. The van der Waals surface area contributed by atoms with Crippen molar-refractivity contribution in [3.63, 3.8) is 0 Å². The average Bonchev–Trinajstić information content (AvgIpc) is 3.57. The Bertz CT molecular complexity index is 1340. The molecule has 1 fully saturated rings. The van der Waals surface area contributed by atoms with Crippen molar-refractivity contribution >= 4 is 23.2 Å². The molecule has 1 aliphatic rings. The molecule has 0 spiro atoms. The van der Waals surface area contributed by atoms with Gasteiger partial charge >= 0.3 is 0 Å². The standard InChI is InChI=1S/C31H42N4O4S/c1-18-13-25(39-34-18)26(31(7,8)16-30(4,5)6)29(38)35-15-23(36)14-24(35)28(37)33-19(2)21-9-11-22(12-10-21)27-20(3)32-17-40-27/h9-13,17,19,23-24,26,36H,14-16H2,1-8H3,(H,33,37). The Morgan fingerprint density at radius 3 is 2.40 bits per heavy atom. The van der Waals surface area contributed by atoms with Gasteiger partial charge in [0.1, 0.15) is 17.7 Å². The molecule has 3 heterocycles. The van der Waals surface area contributed by atoms with Crippen molar-refractivity contribution in [1.82, 2.24) is 20.4 Å². The summed E-state index contributed by atoms with van der Waals surface area (Å²) in [4.78, 5) is 34.8. The summed E-state index contributed by atoms with van der Waals surface area (Å²) >= 11 is 1.60. The molecular weight excluding hydrogens is 524 g/mol. The highest BCUT2D eigenvalue weighted by Crippen LogP contribution is 2.46. The van der Waals surface area contributed by atoms with E-state index in [0.717, 1.165) is 28.1 Å². The van der Waals surface area contributed by atoms with E-state index in [-0.39, 0.29) is 36.2 Å². The molecule has 40 heavy (non-hydrogen) atoms. The molecule has 2 aromatic heterocycles. The quantitative estimate of drug-likeness (QED) is 0.357. The maximum absolute atomic E-state index is 14.2. The number of aliphatic hydroxyl groups is 1. The van der Waals surface area contributed by atoms with Gasteiger partial charge in [0.2, 0.25) is 11.8 Å². The van der Waals surface area contributed by atoms with Gasteiger partial charge in [0.05, 0.1) is 33.9 Å². The van der Waals surface area contributed by atoms with Crippen LogP contribution in [-0.2, 0) is 9.59 Å². The van der Waals surface area contributed by atoms with Gasteiger partial charge in [-0.1, -0.05) is 64.0 Å². The second-order valence-electron chi connectivity index (χ2n) is 13.0. The number of hydrogen-bond acceptors (Lipinski definition) is 7. The molecule has 4 unspecified atom stereocenters. The maximum Gasteiger partial charge on any atom is 0.243 e. The summed E-state index contributed by atoms with van der Waals surface area (Å²) in [5, 5.41) is 17.7. The minimum atomic E-state index is -0.778. The van der Waals surface area contributed by atoms with E-state index >= 15 is 0 Å². The predicted octanol–water partition coefficient (Wildman–Crippen LogP) is 5.80. The van der Waals surface area contributed by atoms with Gasteiger partial charge in [-0.25, -0.2) is 4.98 Å². The normalized spacial score (nSPS) is 19.5. The fourth-order valence-electron chi connectivity index (χ4n) is 6.20. The molecule has 9 heteroatoms. The van der Waals surface area contributed by atoms with Crippen LogP contribution in [-0.4, -0.2) is 50.7 Å². The summed E-state index contributed by atoms with van der Waals surface area (Å²) in [5.74, 6) is -0.657. The van der Waals surface area contributed by atoms with E-state index in [2.05, 4.69) is 50.1 Å². The van der Waals surface area contributed by atoms with E-state index in [0.29, 0.717) is 11.5 Å². The van der Waals surface area contributed by atoms with Crippen LogP contribution in [0.5, 0.6) is 0 Å². The molecule has 4 atom stereocenters. The molecule has 0 aliphatic carbocycles. The molecular formula is C31H42N4O4S. The minimum Gasteiger partial charge on any atom is -0.391 e. The molecule has 8 nitrogen and oxygen atoms in total. The molecule has 2 amide bonds. The van der Waals surface area contributed by atoms with Crippen LogP contribution in [0.1, 0.15) is 89.1 Å². The number of amides is 2. The fraction of sp³-hybridized carbons (Fsp3) is 0.548. The lowest BCUT2D eigenvalue weighted by atomic mass is 9.67. The lowest BCUT2D eigenvalue weighted by molar-refractivity contribution is -0.143. The Morgan fingerprint density at radius 1 is 1.18 bits per heavy atom. The van der Waals surface area contributed by atoms with Crippen molar-refractivity contribution in [1.29, 1.82) is 0 Å². The number of hydrogen-bond donors (Lipinski definition) is 2. The van der Waals surface area contributed by atoms with Gasteiger partial charge < -0.3 is 19.8 Å². The van der Waals surface area contributed by atoms with Gasteiger partial charge in [-0.2, -0.15) is 0 Å². The average molecular weight is 567 g/mol. The summed E-state index contributed by atoms with van der Waals surface area (Å²) in [6.07, 6.45) is 0.160. The summed E-state index contributed by atoms with van der Waals surface area (Å²) in [7, 11) is 0. The first-order valence-electron chi connectivity index (χ1n) is 13.9. The third-order valence-corrected chi connectivity index (χ3v) is 8.56. The third-order valence-electron chi connectivity index (χ3n) is 7.59. The number of carbonyl (C=O) groups excluding carboxylic acids is 2.